The van der Waals surface area contributed by atoms with E-state index in [2.05, 4.69) is 29.6 Å². The van der Waals surface area contributed by atoms with Crippen LogP contribution >= 0.6 is 11.6 Å². The van der Waals surface area contributed by atoms with Crippen LogP contribution in [0.15, 0.2) is 72.8 Å². The number of hydrogen-bond acceptors (Lipinski definition) is 5. The van der Waals surface area contributed by atoms with E-state index in [4.69, 9.17) is 21.4 Å². The average molecular weight is 455 g/mol. The Hall–Kier alpha value is -3.06. The lowest BCUT2D eigenvalue weighted by Gasteiger charge is -2.20. The zero-order chi connectivity index (χ0) is 22.9. The minimum absolute atomic E-state index is 0.356. The number of aliphatic carboxylic acids is 1. The van der Waals surface area contributed by atoms with Crippen LogP contribution in [-0.4, -0.2) is 42.9 Å². The molecule has 32 heavy (non-hydrogen) atoms. The second kappa shape index (κ2) is 11.5. The standard InChI is InChI=1S/C25H27ClN2O4/c1-28(22-9-11-23(12-10-22)32-17-25(30)31)21-7-5-18(6-8-21)13-14-27-16-24(29)19-3-2-4-20(26)15-19/h2-12,15,24,27,29H,13-14,16-17H2,1H3,(H,30,31)/t24-/m1/s1. The van der Waals surface area contributed by atoms with Gasteiger partial charge in [-0.15, -0.1) is 0 Å². The minimum Gasteiger partial charge on any atom is -0.482 e. The van der Waals surface area contributed by atoms with Crippen molar-refractivity contribution < 1.29 is 19.7 Å². The molecule has 0 aliphatic heterocycles. The van der Waals surface area contributed by atoms with Crippen LogP contribution in [0.1, 0.15) is 17.2 Å². The highest BCUT2D eigenvalue weighted by atomic mass is 35.5. The Bertz CT molecular complexity index is 1010. The van der Waals surface area contributed by atoms with Gasteiger partial charge in [-0.2, -0.15) is 0 Å². The minimum atomic E-state index is -1.00. The van der Waals surface area contributed by atoms with Crippen molar-refractivity contribution in [3.8, 4) is 5.75 Å². The van der Waals surface area contributed by atoms with Crippen LogP contribution in [0.3, 0.4) is 0 Å². The van der Waals surface area contributed by atoms with E-state index < -0.39 is 12.1 Å². The van der Waals surface area contributed by atoms with Crippen molar-refractivity contribution in [1.82, 2.24) is 5.32 Å². The lowest BCUT2D eigenvalue weighted by atomic mass is 10.1. The molecule has 6 nitrogen and oxygen atoms in total. The molecule has 0 saturated carbocycles. The van der Waals surface area contributed by atoms with E-state index in [0.717, 1.165) is 29.9 Å². The first-order chi connectivity index (χ1) is 15.4. The molecule has 7 heteroatoms. The summed E-state index contributed by atoms with van der Waals surface area (Å²) in [6, 6.07) is 22.9. The fraction of sp³-hybridized carbons (Fsp3) is 0.240. The maximum absolute atomic E-state index is 10.6. The van der Waals surface area contributed by atoms with Crippen LogP contribution in [0.5, 0.6) is 5.75 Å². The van der Waals surface area contributed by atoms with Crippen LogP contribution in [0.2, 0.25) is 5.02 Å². The molecular formula is C25H27ClN2O4. The van der Waals surface area contributed by atoms with Crippen molar-refractivity contribution in [2.24, 2.45) is 0 Å². The van der Waals surface area contributed by atoms with Gasteiger partial charge in [-0.1, -0.05) is 35.9 Å². The molecule has 0 amide bonds. The van der Waals surface area contributed by atoms with Gasteiger partial charge in [0.15, 0.2) is 6.61 Å². The number of halogens is 1. The summed E-state index contributed by atoms with van der Waals surface area (Å²) in [7, 11) is 1.97. The Kier molecular flexibility index (Phi) is 8.50. The third-order valence-electron chi connectivity index (χ3n) is 5.07. The van der Waals surface area contributed by atoms with Crippen molar-refractivity contribution in [3.05, 3.63) is 88.9 Å². The first-order valence-corrected chi connectivity index (χ1v) is 10.7. The largest absolute Gasteiger partial charge is 0.482 e. The second-order valence-electron chi connectivity index (χ2n) is 7.43. The quantitative estimate of drug-likeness (QED) is 0.372. The maximum Gasteiger partial charge on any atom is 0.341 e. The van der Waals surface area contributed by atoms with Gasteiger partial charge < -0.3 is 25.2 Å². The fourth-order valence-corrected chi connectivity index (χ4v) is 3.45. The number of nitrogens with zero attached hydrogens (tertiary/aromatic N) is 1. The number of nitrogens with one attached hydrogen (secondary N) is 1. The highest BCUT2D eigenvalue weighted by Crippen LogP contribution is 2.26. The topological polar surface area (TPSA) is 82.0 Å². The van der Waals surface area contributed by atoms with E-state index in [1.54, 1.807) is 24.3 Å². The maximum atomic E-state index is 10.6. The first kappa shape index (κ1) is 23.6. The molecule has 0 aliphatic carbocycles. The van der Waals surface area contributed by atoms with Crippen LogP contribution in [0.25, 0.3) is 0 Å². The molecule has 0 spiro atoms. The zero-order valence-electron chi connectivity index (χ0n) is 17.9. The third kappa shape index (κ3) is 6.99. The Balaban J connectivity index is 1.46. The van der Waals surface area contributed by atoms with Gasteiger partial charge in [0.1, 0.15) is 5.75 Å². The van der Waals surface area contributed by atoms with E-state index in [1.165, 1.54) is 5.56 Å². The Morgan fingerprint density at radius 2 is 1.72 bits per heavy atom. The third-order valence-corrected chi connectivity index (χ3v) is 5.31. The molecule has 0 radical (unpaired) electrons. The summed E-state index contributed by atoms with van der Waals surface area (Å²) in [6.45, 7) is 0.864. The molecule has 168 valence electrons. The van der Waals surface area contributed by atoms with E-state index in [1.807, 2.05) is 36.2 Å². The summed E-state index contributed by atoms with van der Waals surface area (Å²) in [6.07, 6.45) is 0.257. The van der Waals surface area contributed by atoms with Gasteiger partial charge >= 0.3 is 5.97 Å². The molecule has 3 aromatic rings. The first-order valence-electron chi connectivity index (χ1n) is 10.3. The number of benzene rings is 3. The van der Waals surface area contributed by atoms with Crippen molar-refractivity contribution in [3.63, 3.8) is 0 Å². The van der Waals surface area contributed by atoms with Gasteiger partial charge in [-0.05, 0) is 72.6 Å². The molecule has 0 aliphatic rings. The Morgan fingerprint density at radius 3 is 2.34 bits per heavy atom. The van der Waals surface area contributed by atoms with Gasteiger partial charge in [-0.25, -0.2) is 4.79 Å². The molecule has 0 fully saturated rings. The molecule has 1 atom stereocenters. The normalized spacial score (nSPS) is 11.7. The highest BCUT2D eigenvalue weighted by molar-refractivity contribution is 6.30. The number of anilines is 2. The lowest BCUT2D eigenvalue weighted by molar-refractivity contribution is -0.139. The number of aliphatic hydroxyl groups excluding tert-OH is 1. The van der Waals surface area contributed by atoms with Gasteiger partial charge in [0.25, 0.3) is 0 Å². The van der Waals surface area contributed by atoms with Gasteiger partial charge in [-0.3, -0.25) is 0 Å². The van der Waals surface area contributed by atoms with Crippen LogP contribution in [-0.2, 0) is 11.2 Å². The molecule has 3 N–H and O–H groups in total. The summed E-state index contributed by atoms with van der Waals surface area (Å²) in [5.74, 6) is -0.480. The number of aliphatic hydroxyl groups is 1. The van der Waals surface area contributed by atoms with Crippen molar-refractivity contribution >= 4 is 28.9 Å². The van der Waals surface area contributed by atoms with Crippen LogP contribution < -0.4 is 15.0 Å². The number of carbonyl (C=O) groups is 1. The number of rotatable bonds is 11. The lowest BCUT2D eigenvalue weighted by Crippen LogP contribution is -2.23. The van der Waals surface area contributed by atoms with E-state index in [0.29, 0.717) is 17.3 Å². The molecule has 0 heterocycles. The molecule has 3 aromatic carbocycles. The van der Waals surface area contributed by atoms with Gasteiger partial charge in [0.2, 0.25) is 0 Å². The van der Waals surface area contributed by atoms with Crippen molar-refractivity contribution in [1.29, 1.82) is 0 Å². The SMILES string of the molecule is CN(c1ccc(CCNC[C@@H](O)c2cccc(Cl)c2)cc1)c1ccc(OCC(=O)O)cc1. The molecule has 0 bridgehead atoms. The molecule has 0 saturated heterocycles. The fourth-order valence-electron chi connectivity index (χ4n) is 3.25. The van der Waals surface area contributed by atoms with Crippen LogP contribution in [0.4, 0.5) is 11.4 Å². The monoisotopic (exact) mass is 454 g/mol. The van der Waals surface area contributed by atoms with Gasteiger partial charge in [0.05, 0.1) is 6.10 Å². The number of ether oxygens (including phenoxy) is 1. The van der Waals surface area contributed by atoms with Crippen molar-refractivity contribution in [2.45, 2.75) is 12.5 Å². The predicted molar refractivity (Wildman–Crippen MR) is 127 cm³/mol. The highest BCUT2D eigenvalue weighted by Gasteiger charge is 2.08. The second-order valence-corrected chi connectivity index (χ2v) is 7.86. The van der Waals surface area contributed by atoms with E-state index >= 15 is 0 Å². The van der Waals surface area contributed by atoms with Crippen molar-refractivity contribution in [2.75, 3.05) is 31.6 Å². The summed E-state index contributed by atoms with van der Waals surface area (Å²) in [4.78, 5) is 12.6. The predicted octanol–water partition coefficient (Wildman–Crippen LogP) is 4.44. The average Bonchev–Trinajstić information content (AvgIpc) is 2.80. The molecular weight excluding hydrogens is 428 g/mol. The summed E-state index contributed by atoms with van der Waals surface area (Å²) in [5.41, 5.74) is 4.01. The number of hydrogen-bond donors (Lipinski definition) is 3. The van der Waals surface area contributed by atoms with Crippen LogP contribution in [0, 0.1) is 0 Å². The number of carboxylic acid groups (broad SMARTS) is 1. The molecule has 0 unspecified atom stereocenters. The van der Waals surface area contributed by atoms with Gasteiger partial charge in [0, 0.05) is 30.0 Å². The Labute approximate surface area is 193 Å². The molecule has 3 rings (SSSR count). The molecule has 0 aromatic heterocycles. The van der Waals surface area contributed by atoms with E-state index in [-0.39, 0.29) is 6.61 Å². The Morgan fingerprint density at radius 1 is 1.06 bits per heavy atom. The summed E-state index contributed by atoms with van der Waals surface area (Å²) >= 11 is 5.97. The summed E-state index contributed by atoms with van der Waals surface area (Å²) in [5, 5.41) is 22.8. The van der Waals surface area contributed by atoms with E-state index in [9.17, 15) is 9.90 Å². The summed E-state index contributed by atoms with van der Waals surface area (Å²) < 4.78 is 5.17. The number of carboxylic acids is 1. The smallest absolute Gasteiger partial charge is 0.341 e. The zero-order valence-corrected chi connectivity index (χ0v) is 18.6.